The van der Waals surface area contributed by atoms with Crippen molar-refractivity contribution in [1.82, 2.24) is 14.7 Å². The van der Waals surface area contributed by atoms with Crippen LogP contribution in [0.2, 0.25) is 0 Å². The second kappa shape index (κ2) is 7.78. The summed E-state index contributed by atoms with van der Waals surface area (Å²) in [6.45, 7) is 6.73. The van der Waals surface area contributed by atoms with Gasteiger partial charge in [0, 0.05) is 7.05 Å². The number of hydrogen-bond acceptors (Lipinski definition) is 4. The third-order valence-electron chi connectivity index (χ3n) is 3.35. The highest BCUT2D eigenvalue weighted by molar-refractivity contribution is 5.93. The smallest absolute Gasteiger partial charge is 0.238 e. The number of carbonyl (C=O) groups is 2. The number of nitrogens with two attached hydrogens (primary N) is 1. The van der Waals surface area contributed by atoms with Crippen LogP contribution in [0.5, 0.6) is 0 Å². The predicted octanol–water partition coefficient (Wildman–Crippen LogP) is 0.563. The molecule has 7 heteroatoms. The normalized spacial score (nSPS) is 10.9. The minimum Gasteiger partial charge on any atom is -0.369 e. The van der Waals surface area contributed by atoms with Crippen LogP contribution in [0.1, 0.15) is 31.2 Å². The lowest BCUT2D eigenvalue weighted by Gasteiger charge is -2.19. The van der Waals surface area contributed by atoms with E-state index in [1.54, 1.807) is 9.58 Å². The van der Waals surface area contributed by atoms with Gasteiger partial charge >= 0.3 is 0 Å². The van der Waals surface area contributed by atoms with E-state index in [9.17, 15) is 9.59 Å². The Balaban J connectivity index is 2.66. The summed E-state index contributed by atoms with van der Waals surface area (Å²) < 4.78 is 1.73. The molecule has 0 saturated heterocycles. The van der Waals surface area contributed by atoms with E-state index in [0.29, 0.717) is 6.54 Å². The van der Waals surface area contributed by atoms with E-state index in [-0.39, 0.29) is 19.0 Å². The molecule has 118 valence electrons. The van der Waals surface area contributed by atoms with Crippen LogP contribution in [0.25, 0.3) is 0 Å². The summed E-state index contributed by atoms with van der Waals surface area (Å²) in [4.78, 5) is 25.0. The highest BCUT2D eigenvalue weighted by atomic mass is 16.2. The van der Waals surface area contributed by atoms with Gasteiger partial charge in [0.25, 0.3) is 0 Å². The molecule has 21 heavy (non-hydrogen) atoms. The second-order valence-electron chi connectivity index (χ2n) is 5.25. The molecule has 0 saturated carbocycles. The molecule has 7 nitrogen and oxygen atoms in total. The van der Waals surface area contributed by atoms with Crippen molar-refractivity contribution < 1.29 is 9.59 Å². The lowest BCUT2D eigenvalue weighted by atomic mass is 10.3. The van der Waals surface area contributed by atoms with Crippen LogP contribution >= 0.6 is 0 Å². The molecular formula is C14H25N5O2. The highest BCUT2D eigenvalue weighted by Gasteiger charge is 2.16. The van der Waals surface area contributed by atoms with Crippen LogP contribution in [0.15, 0.2) is 0 Å². The number of nitrogens with one attached hydrogen (secondary N) is 1. The fourth-order valence-corrected chi connectivity index (χ4v) is 2.15. The lowest BCUT2D eigenvalue weighted by Crippen LogP contribution is -2.39. The minimum atomic E-state index is -0.423. The maximum atomic E-state index is 12.1. The van der Waals surface area contributed by atoms with Crippen molar-refractivity contribution in [3.63, 3.8) is 0 Å². The molecule has 2 amide bonds. The fraction of sp³-hybridized carbons (Fsp3) is 0.643. The molecule has 0 unspecified atom stereocenters. The van der Waals surface area contributed by atoms with Crippen LogP contribution in [-0.2, 0) is 16.6 Å². The number of aromatic nitrogens is 2. The summed E-state index contributed by atoms with van der Waals surface area (Å²) in [6, 6.07) is 0. The van der Waals surface area contributed by atoms with Crippen LogP contribution in [0.4, 0.5) is 5.69 Å². The van der Waals surface area contributed by atoms with Crippen molar-refractivity contribution in [2.24, 2.45) is 12.8 Å². The zero-order valence-corrected chi connectivity index (χ0v) is 13.3. The van der Waals surface area contributed by atoms with Crippen molar-refractivity contribution in [3.8, 4) is 0 Å². The molecule has 1 rings (SSSR count). The monoisotopic (exact) mass is 295 g/mol. The summed E-state index contributed by atoms with van der Waals surface area (Å²) in [6.07, 6.45) is 1.92. The van der Waals surface area contributed by atoms with Gasteiger partial charge in [0.05, 0.1) is 30.2 Å². The van der Waals surface area contributed by atoms with Gasteiger partial charge in [-0.05, 0) is 26.8 Å². The summed E-state index contributed by atoms with van der Waals surface area (Å²) in [5, 5.41) is 7.12. The Morgan fingerprint density at radius 2 is 2.00 bits per heavy atom. The van der Waals surface area contributed by atoms with Gasteiger partial charge in [0.15, 0.2) is 0 Å². The number of unbranched alkanes of at least 4 members (excludes halogenated alkanes) is 1. The number of primary amides is 1. The van der Waals surface area contributed by atoms with Gasteiger partial charge in [-0.1, -0.05) is 13.3 Å². The lowest BCUT2D eigenvalue weighted by molar-refractivity contribution is -0.121. The predicted molar refractivity (Wildman–Crippen MR) is 81.9 cm³/mol. The van der Waals surface area contributed by atoms with Gasteiger partial charge in [-0.2, -0.15) is 5.10 Å². The Bertz CT molecular complexity index is 510. The molecular weight excluding hydrogens is 270 g/mol. The standard InChI is InChI=1S/C14H25N5O2/c1-5-6-7-19(8-12(15)20)9-13(21)16-14-10(2)17-18(4)11(14)3/h5-9H2,1-4H3,(H2,15,20)(H,16,21). The molecule has 3 N–H and O–H groups in total. The summed E-state index contributed by atoms with van der Waals surface area (Å²) >= 11 is 0. The van der Waals surface area contributed by atoms with Gasteiger partial charge in [-0.3, -0.25) is 19.2 Å². The molecule has 0 fully saturated rings. The molecule has 0 aromatic carbocycles. The van der Waals surface area contributed by atoms with Crippen LogP contribution in [-0.4, -0.2) is 46.1 Å². The number of nitrogens with zero attached hydrogens (tertiary/aromatic N) is 3. The number of aryl methyl sites for hydroxylation is 2. The SMILES string of the molecule is CCCCN(CC(N)=O)CC(=O)Nc1c(C)nn(C)c1C. The summed E-state index contributed by atoms with van der Waals surface area (Å²) in [5.41, 5.74) is 7.63. The summed E-state index contributed by atoms with van der Waals surface area (Å²) in [7, 11) is 1.83. The number of amides is 2. The van der Waals surface area contributed by atoms with E-state index in [2.05, 4.69) is 17.3 Å². The molecule has 0 bridgehead atoms. The van der Waals surface area contributed by atoms with E-state index in [0.717, 1.165) is 29.9 Å². The van der Waals surface area contributed by atoms with E-state index in [1.807, 2.05) is 20.9 Å². The summed E-state index contributed by atoms with van der Waals surface area (Å²) in [5.74, 6) is -0.584. The number of carbonyl (C=O) groups excluding carboxylic acids is 2. The molecule has 0 aliphatic heterocycles. The van der Waals surface area contributed by atoms with Crippen LogP contribution in [0, 0.1) is 13.8 Å². The van der Waals surface area contributed by atoms with Crippen molar-refractivity contribution >= 4 is 17.5 Å². The Morgan fingerprint density at radius 3 is 2.48 bits per heavy atom. The maximum Gasteiger partial charge on any atom is 0.238 e. The number of anilines is 1. The number of hydrogen-bond donors (Lipinski definition) is 2. The zero-order chi connectivity index (χ0) is 16.0. The molecule has 0 aliphatic carbocycles. The molecule has 1 aromatic rings. The first-order valence-corrected chi connectivity index (χ1v) is 7.15. The number of rotatable bonds is 8. The third kappa shape index (κ3) is 5.18. The van der Waals surface area contributed by atoms with Gasteiger partial charge in [-0.15, -0.1) is 0 Å². The van der Waals surface area contributed by atoms with Crippen LogP contribution in [0.3, 0.4) is 0 Å². The van der Waals surface area contributed by atoms with E-state index in [1.165, 1.54) is 0 Å². The zero-order valence-electron chi connectivity index (χ0n) is 13.3. The quantitative estimate of drug-likeness (QED) is 0.733. The molecule has 0 spiro atoms. The largest absolute Gasteiger partial charge is 0.369 e. The fourth-order valence-electron chi connectivity index (χ4n) is 2.15. The second-order valence-corrected chi connectivity index (χ2v) is 5.25. The third-order valence-corrected chi connectivity index (χ3v) is 3.35. The highest BCUT2D eigenvalue weighted by Crippen LogP contribution is 2.18. The Morgan fingerprint density at radius 1 is 1.33 bits per heavy atom. The molecule has 0 atom stereocenters. The van der Waals surface area contributed by atoms with Gasteiger partial charge in [0.2, 0.25) is 11.8 Å². The van der Waals surface area contributed by atoms with E-state index >= 15 is 0 Å². The van der Waals surface area contributed by atoms with E-state index in [4.69, 9.17) is 5.73 Å². The molecule has 0 radical (unpaired) electrons. The van der Waals surface area contributed by atoms with Crippen molar-refractivity contribution in [3.05, 3.63) is 11.4 Å². The van der Waals surface area contributed by atoms with Gasteiger partial charge < -0.3 is 11.1 Å². The van der Waals surface area contributed by atoms with Gasteiger partial charge in [0.1, 0.15) is 0 Å². The average molecular weight is 295 g/mol. The molecule has 1 aromatic heterocycles. The van der Waals surface area contributed by atoms with Crippen molar-refractivity contribution in [1.29, 1.82) is 0 Å². The first-order valence-electron chi connectivity index (χ1n) is 7.15. The first kappa shape index (κ1) is 17.2. The van der Waals surface area contributed by atoms with E-state index < -0.39 is 5.91 Å². The topological polar surface area (TPSA) is 93.2 Å². The van der Waals surface area contributed by atoms with Crippen molar-refractivity contribution in [2.75, 3.05) is 25.0 Å². The maximum absolute atomic E-state index is 12.1. The average Bonchev–Trinajstić information content (AvgIpc) is 2.62. The van der Waals surface area contributed by atoms with Gasteiger partial charge in [-0.25, -0.2) is 0 Å². The molecule has 0 aliphatic rings. The van der Waals surface area contributed by atoms with Crippen LogP contribution < -0.4 is 11.1 Å². The van der Waals surface area contributed by atoms with Crippen molar-refractivity contribution in [2.45, 2.75) is 33.6 Å². The Kier molecular flexibility index (Phi) is 6.36. The molecule has 1 heterocycles. The Labute approximate surface area is 125 Å². The first-order chi connectivity index (χ1) is 9.85. The minimum absolute atomic E-state index is 0.0957. The Hall–Kier alpha value is -1.89.